The normalized spacial score (nSPS) is 12.8. The van der Waals surface area contributed by atoms with Crippen molar-refractivity contribution in [2.75, 3.05) is 13.7 Å². The number of aromatic nitrogens is 3. The first-order valence-electron chi connectivity index (χ1n) is 8.24. The lowest BCUT2D eigenvalue weighted by molar-refractivity contribution is -0.274. The molecular weight excluding hydrogens is 377 g/mol. The minimum absolute atomic E-state index is 0.123. The molecule has 1 amide bonds. The summed E-state index contributed by atoms with van der Waals surface area (Å²) in [6.45, 7) is 1.88. The third kappa shape index (κ3) is 4.58. The fourth-order valence-electron chi connectivity index (χ4n) is 2.72. The zero-order chi connectivity index (χ0) is 20.3. The van der Waals surface area contributed by atoms with Crippen LogP contribution in [-0.2, 0) is 4.74 Å². The fourth-order valence-corrected chi connectivity index (χ4v) is 2.72. The summed E-state index contributed by atoms with van der Waals surface area (Å²) in [6, 6.07) is 7.92. The SMILES string of the molecule is COCC(NC(=O)c1cc(C)nc2ccnn12)c1ccc(OC(F)(F)F)cc1. The second-order valence-electron chi connectivity index (χ2n) is 5.98. The van der Waals surface area contributed by atoms with E-state index in [1.54, 1.807) is 19.1 Å². The molecule has 0 aliphatic heterocycles. The molecule has 0 bridgehead atoms. The summed E-state index contributed by atoms with van der Waals surface area (Å²) in [6.07, 6.45) is -3.24. The fraction of sp³-hybridized carbons (Fsp3) is 0.278. The van der Waals surface area contributed by atoms with Crippen LogP contribution in [0.2, 0.25) is 0 Å². The van der Waals surface area contributed by atoms with Gasteiger partial charge in [0, 0.05) is 18.9 Å². The number of ether oxygens (including phenoxy) is 2. The quantitative estimate of drug-likeness (QED) is 0.695. The van der Waals surface area contributed by atoms with Crippen LogP contribution < -0.4 is 10.1 Å². The minimum Gasteiger partial charge on any atom is -0.406 e. The van der Waals surface area contributed by atoms with Crippen LogP contribution in [0.15, 0.2) is 42.6 Å². The van der Waals surface area contributed by atoms with Crippen molar-refractivity contribution in [1.29, 1.82) is 0 Å². The number of rotatable bonds is 6. The zero-order valence-electron chi connectivity index (χ0n) is 15.0. The minimum atomic E-state index is -4.77. The third-order valence-corrected chi connectivity index (χ3v) is 3.87. The van der Waals surface area contributed by atoms with E-state index in [4.69, 9.17) is 4.74 Å². The highest BCUT2D eigenvalue weighted by Gasteiger charge is 2.31. The van der Waals surface area contributed by atoms with Crippen molar-refractivity contribution in [3.05, 3.63) is 59.5 Å². The molecular formula is C18H17F3N4O3. The van der Waals surface area contributed by atoms with Gasteiger partial charge in [-0.05, 0) is 30.7 Å². The Morgan fingerprint density at radius 3 is 2.61 bits per heavy atom. The largest absolute Gasteiger partial charge is 0.573 e. The number of hydrogen-bond donors (Lipinski definition) is 1. The summed E-state index contributed by atoms with van der Waals surface area (Å²) in [5.74, 6) is -0.765. The number of fused-ring (bicyclic) bond motifs is 1. The number of methoxy groups -OCH3 is 1. The summed E-state index contributed by atoms with van der Waals surface area (Å²) in [5.41, 5.74) is 2.02. The molecule has 28 heavy (non-hydrogen) atoms. The third-order valence-electron chi connectivity index (χ3n) is 3.87. The number of benzene rings is 1. The molecule has 3 aromatic rings. The second kappa shape index (κ2) is 7.85. The Labute approximate surface area is 158 Å². The van der Waals surface area contributed by atoms with E-state index in [0.717, 1.165) is 0 Å². The van der Waals surface area contributed by atoms with Crippen LogP contribution in [-0.4, -0.2) is 40.6 Å². The number of halogens is 3. The highest BCUT2D eigenvalue weighted by Crippen LogP contribution is 2.24. The van der Waals surface area contributed by atoms with Crippen LogP contribution in [0, 0.1) is 6.92 Å². The predicted molar refractivity (Wildman–Crippen MR) is 92.9 cm³/mol. The molecule has 148 valence electrons. The topological polar surface area (TPSA) is 77.8 Å². The van der Waals surface area contributed by atoms with E-state index >= 15 is 0 Å². The van der Waals surface area contributed by atoms with Gasteiger partial charge in [-0.15, -0.1) is 13.2 Å². The van der Waals surface area contributed by atoms with E-state index in [2.05, 4.69) is 20.1 Å². The molecule has 1 N–H and O–H groups in total. The molecule has 2 aromatic heterocycles. The van der Waals surface area contributed by atoms with Crippen molar-refractivity contribution < 1.29 is 27.4 Å². The average molecular weight is 394 g/mol. The summed E-state index contributed by atoms with van der Waals surface area (Å²) < 4.78 is 47.3. The first-order chi connectivity index (χ1) is 13.3. The maximum atomic E-state index is 12.8. The number of nitrogens with zero attached hydrogens (tertiary/aromatic N) is 3. The Bertz CT molecular complexity index is 970. The van der Waals surface area contributed by atoms with Gasteiger partial charge in [-0.3, -0.25) is 4.79 Å². The lowest BCUT2D eigenvalue weighted by atomic mass is 10.1. The van der Waals surface area contributed by atoms with E-state index in [9.17, 15) is 18.0 Å². The molecule has 0 fully saturated rings. The maximum absolute atomic E-state index is 12.8. The van der Waals surface area contributed by atoms with E-state index in [1.807, 2.05) is 0 Å². The van der Waals surface area contributed by atoms with Gasteiger partial charge in [0.25, 0.3) is 5.91 Å². The smallest absolute Gasteiger partial charge is 0.406 e. The van der Waals surface area contributed by atoms with Gasteiger partial charge in [-0.25, -0.2) is 9.50 Å². The monoisotopic (exact) mass is 394 g/mol. The summed E-state index contributed by atoms with van der Waals surface area (Å²) in [7, 11) is 1.46. The van der Waals surface area contributed by atoms with Crippen LogP contribution in [0.25, 0.3) is 5.65 Å². The van der Waals surface area contributed by atoms with E-state index < -0.39 is 18.3 Å². The summed E-state index contributed by atoms with van der Waals surface area (Å²) in [4.78, 5) is 17.1. The lowest BCUT2D eigenvalue weighted by Crippen LogP contribution is -2.32. The first-order valence-corrected chi connectivity index (χ1v) is 8.24. The number of nitrogens with one attached hydrogen (secondary N) is 1. The molecule has 0 radical (unpaired) electrons. The van der Waals surface area contributed by atoms with Crippen LogP contribution in [0.4, 0.5) is 13.2 Å². The Kier molecular flexibility index (Phi) is 5.50. The Morgan fingerprint density at radius 1 is 1.25 bits per heavy atom. The molecule has 0 aliphatic rings. The maximum Gasteiger partial charge on any atom is 0.573 e. The van der Waals surface area contributed by atoms with Gasteiger partial charge in [0.05, 0.1) is 18.8 Å². The zero-order valence-corrected chi connectivity index (χ0v) is 15.0. The number of amides is 1. The Morgan fingerprint density at radius 2 is 1.96 bits per heavy atom. The van der Waals surface area contributed by atoms with E-state index in [0.29, 0.717) is 16.9 Å². The van der Waals surface area contributed by atoms with Gasteiger partial charge < -0.3 is 14.8 Å². The van der Waals surface area contributed by atoms with Gasteiger partial charge in [-0.1, -0.05) is 12.1 Å². The second-order valence-corrected chi connectivity index (χ2v) is 5.98. The van der Waals surface area contributed by atoms with Crippen molar-refractivity contribution in [2.45, 2.75) is 19.3 Å². The highest BCUT2D eigenvalue weighted by atomic mass is 19.4. The molecule has 10 heteroatoms. The van der Waals surface area contributed by atoms with E-state index in [-0.39, 0.29) is 18.1 Å². The van der Waals surface area contributed by atoms with Crippen molar-refractivity contribution in [2.24, 2.45) is 0 Å². The molecule has 0 saturated heterocycles. The van der Waals surface area contributed by atoms with E-state index in [1.165, 1.54) is 42.1 Å². The number of alkyl halides is 3. The number of aryl methyl sites for hydroxylation is 1. The molecule has 1 unspecified atom stereocenters. The Hall–Kier alpha value is -3.14. The number of carbonyl (C=O) groups excluding carboxylic acids is 1. The van der Waals surface area contributed by atoms with Crippen LogP contribution in [0.3, 0.4) is 0 Å². The molecule has 2 heterocycles. The lowest BCUT2D eigenvalue weighted by Gasteiger charge is -2.19. The molecule has 0 spiro atoms. The standard InChI is InChI=1S/C18H17F3N4O3/c1-11-9-15(25-16(23-11)7-8-22-25)17(26)24-14(10-27-2)12-3-5-13(6-4-12)28-18(19,20)21/h3-9,14H,10H2,1-2H3,(H,24,26). The van der Waals surface area contributed by atoms with Crippen LogP contribution in [0.1, 0.15) is 27.8 Å². The Balaban J connectivity index is 1.82. The van der Waals surface area contributed by atoms with Crippen molar-refractivity contribution in [3.63, 3.8) is 0 Å². The molecule has 0 aliphatic carbocycles. The van der Waals surface area contributed by atoms with Crippen LogP contribution >= 0.6 is 0 Å². The molecule has 1 aromatic carbocycles. The van der Waals surface area contributed by atoms with Gasteiger partial charge in [0.1, 0.15) is 11.4 Å². The van der Waals surface area contributed by atoms with Gasteiger partial charge >= 0.3 is 6.36 Å². The number of hydrogen-bond acceptors (Lipinski definition) is 5. The number of carbonyl (C=O) groups is 1. The van der Waals surface area contributed by atoms with Gasteiger partial charge in [0.2, 0.25) is 0 Å². The molecule has 1 atom stereocenters. The summed E-state index contributed by atoms with van der Waals surface area (Å²) >= 11 is 0. The van der Waals surface area contributed by atoms with Gasteiger partial charge in [-0.2, -0.15) is 5.10 Å². The van der Waals surface area contributed by atoms with Crippen molar-refractivity contribution in [3.8, 4) is 5.75 Å². The first kappa shape index (κ1) is 19.6. The molecule has 7 nitrogen and oxygen atoms in total. The summed E-state index contributed by atoms with van der Waals surface area (Å²) in [5, 5.41) is 6.90. The molecule has 3 rings (SSSR count). The average Bonchev–Trinajstić information content (AvgIpc) is 3.08. The van der Waals surface area contributed by atoms with Gasteiger partial charge in [0.15, 0.2) is 5.65 Å². The van der Waals surface area contributed by atoms with Crippen molar-refractivity contribution >= 4 is 11.6 Å². The predicted octanol–water partition coefficient (Wildman–Crippen LogP) is 3.05. The molecule has 0 saturated carbocycles. The van der Waals surface area contributed by atoms with Crippen molar-refractivity contribution in [1.82, 2.24) is 19.9 Å². The highest BCUT2D eigenvalue weighted by molar-refractivity contribution is 5.93. The van der Waals surface area contributed by atoms with Crippen LogP contribution in [0.5, 0.6) is 5.75 Å².